The predicted molar refractivity (Wildman–Crippen MR) is 82.3 cm³/mol. The fourth-order valence-electron chi connectivity index (χ4n) is 2.32. The number of aryl methyl sites for hydroxylation is 1. The van der Waals surface area contributed by atoms with Gasteiger partial charge < -0.3 is 9.84 Å². The highest BCUT2D eigenvalue weighted by Crippen LogP contribution is 2.33. The summed E-state index contributed by atoms with van der Waals surface area (Å²) in [6.45, 7) is 7.93. The molecule has 0 unspecified atom stereocenters. The van der Waals surface area contributed by atoms with Gasteiger partial charge in [-0.2, -0.15) is 0 Å². The normalized spacial score (nSPS) is 11.8. The SMILES string of the molecule is COc1cc(Cl)c(C)cc1-n1nnc(CO)c1C(C)(C)C. The first-order valence-corrected chi connectivity index (χ1v) is 7.07. The third kappa shape index (κ3) is 2.89. The predicted octanol–water partition coefficient (Wildman–Crippen LogP) is 3.03. The molecule has 21 heavy (non-hydrogen) atoms. The van der Waals surface area contributed by atoms with Gasteiger partial charge in [-0.05, 0) is 18.6 Å². The third-order valence-electron chi connectivity index (χ3n) is 3.29. The summed E-state index contributed by atoms with van der Waals surface area (Å²) < 4.78 is 7.13. The van der Waals surface area contributed by atoms with Crippen molar-refractivity contribution >= 4 is 11.6 Å². The molecule has 0 aliphatic heterocycles. The number of aliphatic hydroxyl groups excluding tert-OH is 1. The first kappa shape index (κ1) is 15.8. The smallest absolute Gasteiger partial charge is 0.146 e. The van der Waals surface area contributed by atoms with Gasteiger partial charge in [0.25, 0.3) is 0 Å². The number of methoxy groups -OCH3 is 1. The van der Waals surface area contributed by atoms with Crippen molar-refractivity contribution in [3.05, 3.63) is 34.1 Å². The molecule has 0 spiro atoms. The van der Waals surface area contributed by atoms with E-state index in [1.54, 1.807) is 17.9 Å². The summed E-state index contributed by atoms with van der Waals surface area (Å²) in [5.41, 5.74) is 2.88. The summed E-state index contributed by atoms with van der Waals surface area (Å²) in [4.78, 5) is 0. The Kier molecular flexibility index (Phi) is 4.25. The molecule has 0 fully saturated rings. The van der Waals surface area contributed by atoms with Crippen molar-refractivity contribution in [2.24, 2.45) is 0 Å². The summed E-state index contributed by atoms with van der Waals surface area (Å²) in [6.07, 6.45) is 0. The van der Waals surface area contributed by atoms with Gasteiger partial charge in [0.2, 0.25) is 0 Å². The summed E-state index contributed by atoms with van der Waals surface area (Å²) in [6, 6.07) is 3.67. The van der Waals surface area contributed by atoms with E-state index in [0.29, 0.717) is 16.5 Å². The molecule has 0 aliphatic carbocycles. The standard InChI is InChI=1S/C15H20ClN3O2/c1-9-6-12(13(21-5)7-10(9)16)19-14(15(2,3)4)11(8-20)17-18-19/h6-7,20H,8H2,1-5H3. The summed E-state index contributed by atoms with van der Waals surface area (Å²) in [5.74, 6) is 0.616. The third-order valence-corrected chi connectivity index (χ3v) is 3.70. The molecule has 0 saturated carbocycles. The maximum absolute atomic E-state index is 9.50. The van der Waals surface area contributed by atoms with Crippen LogP contribution in [0.4, 0.5) is 0 Å². The zero-order chi connectivity index (χ0) is 15.8. The number of hydrogen-bond donors (Lipinski definition) is 1. The minimum atomic E-state index is -0.222. The quantitative estimate of drug-likeness (QED) is 0.946. The van der Waals surface area contributed by atoms with Gasteiger partial charge in [0.15, 0.2) is 0 Å². The van der Waals surface area contributed by atoms with Crippen molar-refractivity contribution in [1.82, 2.24) is 15.0 Å². The van der Waals surface area contributed by atoms with E-state index in [9.17, 15) is 5.11 Å². The highest BCUT2D eigenvalue weighted by molar-refractivity contribution is 6.31. The number of halogens is 1. The lowest BCUT2D eigenvalue weighted by atomic mass is 9.90. The van der Waals surface area contributed by atoms with Crippen LogP contribution >= 0.6 is 11.6 Å². The average molecular weight is 310 g/mol. The van der Waals surface area contributed by atoms with E-state index in [4.69, 9.17) is 16.3 Å². The van der Waals surface area contributed by atoms with E-state index < -0.39 is 0 Å². The van der Waals surface area contributed by atoms with Gasteiger partial charge in [-0.1, -0.05) is 37.6 Å². The molecular formula is C15H20ClN3O2. The fraction of sp³-hybridized carbons (Fsp3) is 0.467. The Bertz CT molecular complexity index is 660. The Hall–Kier alpha value is -1.59. The summed E-state index contributed by atoms with van der Waals surface area (Å²) in [5, 5.41) is 18.4. The monoisotopic (exact) mass is 309 g/mol. The van der Waals surface area contributed by atoms with Gasteiger partial charge in [0.05, 0.1) is 19.4 Å². The van der Waals surface area contributed by atoms with Gasteiger partial charge in [-0.3, -0.25) is 0 Å². The molecule has 2 rings (SSSR count). The van der Waals surface area contributed by atoms with E-state index in [1.165, 1.54) is 0 Å². The van der Waals surface area contributed by atoms with Gasteiger partial charge in [0.1, 0.15) is 17.1 Å². The van der Waals surface area contributed by atoms with Crippen molar-refractivity contribution in [3.8, 4) is 11.4 Å². The molecule has 1 aromatic heterocycles. The Balaban J connectivity index is 2.73. The minimum absolute atomic E-state index is 0.151. The molecule has 114 valence electrons. The molecule has 1 heterocycles. The summed E-state index contributed by atoms with van der Waals surface area (Å²) >= 11 is 6.15. The van der Waals surface area contributed by atoms with Crippen LogP contribution in [0.2, 0.25) is 5.02 Å². The molecule has 0 aliphatic rings. The van der Waals surface area contributed by atoms with Crippen LogP contribution in [0.3, 0.4) is 0 Å². The molecule has 0 atom stereocenters. The lowest BCUT2D eigenvalue weighted by molar-refractivity contribution is 0.273. The molecule has 1 N–H and O–H groups in total. The van der Waals surface area contributed by atoms with E-state index in [0.717, 1.165) is 16.9 Å². The minimum Gasteiger partial charge on any atom is -0.494 e. The second-order valence-corrected chi connectivity index (χ2v) is 6.39. The molecule has 0 saturated heterocycles. The van der Waals surface area contributed by atoms with Crippen LogP contribution in [0.5, 0.6) is 5.75 Å². The molecule has 0 radical (unpaired) electrons. The zero-order valence-corrected chi connectivity index (χ0v) is 13.7. The maximum atomic E-state index is 9.50. The largest absolute Gasteiger partial charge is 0.494 e. The van der Waals surface area contributed by atoms with Gasteiger partial charge >= 0.3 is 0 Å². The molecular weight excluding hydrogens is 290 g/mol. The number of aromatic nitrogens is 3. The van der Waals surface area contributed by atoms with Crippen LogP contribution < -0.4 is 4.74 Å². The van der Waals surface area contributed by atoms with Crippen molar-refractivity contribution in [2.45, 2.75) is 39.7 Å². The number of nitrogens with zero attached hydrogens (tertiary/aromatic N) is 3. The number of ether oxygens (including phenoxy) is 1. The van der Waals surface area contributed by atoms with Gasteiger partial charge in [0, 0.05) is 16.5 Å². The van der Waals surface area contributed by atoms with Crippen LogP contribution in [0.15, 0.2) is 12.1 Å². The second kappa shape index (κ2) is 5.66. The van der Waals surface area contributed by atoms with Crippen LogP contribution in [0.1, 0.15) is 37.7 Å². The lowest BCUT2D eigenvalue weighted by Gasteiger charge is -2.22. The second-order valence-electron chi connectivity index (χ2n) is 5.98. The maximum Gasteiger partial charge on any atom is 0.146 e. The zero-order valence-electron chi connectivity index (χ0n) is 12.9. The van der Waals surface area contributed by atoms with Crippen molar-refractivity contribution < 1.29 is 9.84 Å². The number of aliphatic hydroxyl groups is 1. The Morgan fingerprint density at radius 1 is 1.33 bits per heavy atom. The Morgan fingerprint density at radius 2 is 2.00 bits per heavy atom. The number of hydrogen-bond acceptors (Lipinski definition) is 4. The van der Waals surface area contributed by atoms with Crippen molar-refractivity contribution in [1.29, 1.82) is 0 Å². The van der Waals surface area contributed by atoms with Crippen molar-refractivity contribution in [3.63, 3.8) is 0 Å². The molecule has 0 amide bonds. The summed E-state index contributed by atoms with van der Waals surface area (Å²) in [7, 11) is 1.59. The van der Waals surface area contributed by atoms with Crippen LogP contribution in [-0.2, 0) is 12.0 Å². The molecule has 6 heteroatoms. The highest BCUT2D eigenvalue weighted by atomic mass is 35.5. The van der Waals surface area contributed by atoms with E-state index in [-0.39, 0.29) is 12.0 Å². The van der Waals surface area contributed by atoms with Gasteiger partial charge in [-0.25, -0.2) is 4.68 Å². The highest BCUT2D eigenvalue weighted by Gasteiger charge is 2.27. The number of rotatable bonds is 3. The Labute approximate surface area is 129 Å². The molecule has 0 bridgehead atoms. The first-order chi connectivity index (χ1) is 9.79. The first-order valence-electron chi connectivity index (χ1n) is 6.70. The fourth-order valence-corrected chi connectivity index (χ4v) is 2.47. The molecule has 1 aromatic carbocycles. The Morgan fingerprint density at radius 3 is 2.52 bits per heavy atom. The van der Waals surface area contributed by atoms with Gasteiger partial charge in [-0.15, -0.1) is 5.10 Å². The van der Waals surface area contributed by atoms with Crippen LogP contribution in [-0.4, -0.2) is 27.2 Å². The van der Waals surface area contributed by atoms with Crippen molar-refractivity contribution in [2.75, 3.05) is 7.11 Å². The lowest BCUT2D eigenvalue weighted by Crippen LogP contribution is -2.20. The van der Waals surface area contributed by atoms with E-state index >= 15 is 0 Å². The molecule has 2 aromatic rings. The molecule has 5 nitrogen and oxygen atoms in total. The van der Waals surface area contributed by atoms with Crippen LogP contribution in [0, 0.1) is 6.92 Å². The van der Waals surface area contributed by atoms with E-state index in [1.807, 2.05) is 13.0 Å². The topological polar surface area (TPSA) is 60.2 Å². The van der Waals surface area contributed by atoms with E-state index in [2.05, 4.69) is 31.1 Å². The number of benzene rings is 1. The average Bonchev–Trinajstić information content (AvgIpc) is 2.85. The van der Waals surface area contributed by atoms with Crippen LogP contribution in [0.25, 0.3) is 5.69 Å².